The Kier molecular flexibility index (Phi) is 6.10. The number of ether oxygens (including phenoxy) is 1. The quantitative estimate of drug-likeness (QED) is 0.761. The van der Waals surface area contributed by atoms with E-state index in [9.17, 15) is 0 Å². The summed E-state index contributed by atoms with van der Waals surface area (Å²) in [6.07, 6.45) is 6.81. The lowest BCUT2D eigenvalue weighted by Crippen LogP contribution is -2.58. The lowest BCUT2D eigenvalue weighted by Gasteiger charge is -2.49. The second kappa shape index (κ2) is 7.43. The third-order valence-electron chi connectivity index (χ3n) is 5.60. The highest BCUT2D eigenvalue weighted by atomic mass is 16.5. The normalized spacial score (nSPS) is 34.0. The van der Waals surface area contributed by atoms with Crippen molar-refractivity contribution in [1.29, 1.82) is 0 Å². The van der Waals surface area contributed by atoms with E-state index in [1.807, 2.05) is 0 Å². The molecule has 0 amide bonds. The second-order valence-corrected chi connectivity index (χ2v) is 8.15. The van der Waals surface area contributed by atoms with E-state index in [1.165, 1.54) is 45.2 Å². The minimum atomic E-state index is 0.194. The van der Waals surface area contributed by atoms with Crippen molar-refractivity contribution in [1.82, 2.24) is 10.2 Å². The fourth-order valence-electron chi connectivity index (χ4n) is 3.88. The van der Waals surface area contributed by atoms with Gasteiger partial charge in [-0.3, -0.25) is 4.90 Å². The van der Waals surface area contributed by atoms with Crippen LogP contribution >= 0.6 is 0 Å². The van der Waals surface area contributed by atoms with Crippen LogP contribution in [0.5, 0.6) is 0 Å². The summed E-state index contributed by atoms with van der Waals surface area (Å²) in [6.45, 7) is 15.8. The molecule has 3 heteroatoms. The Morgan fingerprint density at radius 2 is 1.95 bits per heavy atom. The van der Waals surface area contributed by atoms with Crippen LogP contribution in [-0.2, 0) is 4.74 Å². The van der Waals surface area contributed by atoms with Gasteiger partial charge in [0, 0.05) is 25.2 Å². The number of morpholine rings is 1. The van der Waals surface area contributed by atoms with Gasteiger partial charge in [0.15, 0.2) is 0 Å². The summed E-state index contributed by atoms with van der Waals surface area (Å²) in [5.41, 5.74) is 0.676. The van der Waals surface area contributed by atoms with E-state index in [2.05, 4.69) is 37.9 Å². The Labute approximate surface area is 131 Å². The molecule has 2 rings (SSSR count). The summed E-state index contributed by atoms with van der Waals surface area (Å²) in [5, 5.41) is 3.72. The van der Waals surface area contributed by atoms with E-state index in [-0.39, 0.29) is 5.54 Å². The molecule has 1 N–H and O–H groups in total. The highest BCUT2D eigenvalue weighted by molar-refractivity contribution is 4.94. The van der Waals surface area contributed by atoms with Crippen molar-refractivity contribution >= 4 is 0 Å². The Morgan fingerprint density at radius 3 is 2.57 bits per heavy atom. The van der Waals surface area contributed by atoms with Crippen molar-refractivity contribution in [3.8, 4) is 0 Å². The van der Waals surface area contributed by atoms with Crippen molar-refractivity contribution in [3.05, 3.63) is 0 Å². The van der Waals surface area contributed by atoms with Crippen LogP contribution in [0.1, 0.15) is 59.8 Å². The molecule has 0 atom stereocenters. The molecule has 124 valence electrons. The van der Waals surface area contributed by atoms with Crippen molar-refractivity contribution in [2.45, 2.75) is 65.3 Å². The molecule has 2 aliphatic rings. The average Bonchev–Trinajstić information content (AvgIpc) is 2.45. The van der Waals surface area contributed by atoms with Crippen molar-refractivity contribution in [2.75, 3.05) is 39.4 Å². The molecule has 0 aromatic carbocycles. The van der Waals surface area contributed by atoms with Crippen LogP contribution in [0, 0.1) is 11.3 Å². The smallest absolute Gasteiger partial charge is 0.0645 e. The van der Waals surface area contributed by atoms with Gasteiger partial charge in [-0.2, -0.15) is 0 Å². The zero-order valence-corrected chi connectivity index (χ0v) is 14.7. The molecule has 2 fully saturated rings. The fourth-order valence-corrected chi connectivity index (χ4v) is 3.88. The van der Waals surface area contributed by atoms with Crippen molar-refractivity contribution < 1.29 is 4.74 Å². The molecule has 1 aliphatic heterocycles. The van der Waals surface area contributed by atoms with Crippen molar-refractivity contribution in [3.63, 3.8) is 0 Å². The van der Waals surface area contributed by atoms with Crippen LogP contribution in [0.3, 0.4) is 0 Å². The maximum Gasteiger partial charge on any atom is 0.0645 e. The number of nitrogens with zero attached hydrogens (tertiary/aromatic N) is 1. The minimum Gasteiger partial charge on any atom is -0.378 e. The van der Waals surface area contributed by atoms with Crippen molar-refractivity contribution in [2.24, 2.45) is 11.3 Å². The number of hydrogen-bond donors (Lipinski definition) is 1. The van der Waals surface area contributed by atoms with Crippen LogP contribution < -0.4 is 5.32 Å². The van der Waals surface area contributed by atoms with Gasteiger partial charge in [0.2, 0.25) is 0 Å². The Morgan fingerprint density at radius 1 is 1.24 bits per heavy atom. The van der Waals surface area contributed by atoms with Gasteiger partial charge in [-0.05, 0) is 51.0 Å². The zero-order valence-electron chi connectivity index (χ0n) is 14.7. The van der Waals surface area contributed by atoms with Crippen LogP contribution in [0.15, 0.2) is 0 Å². The molecule has 0 radical (unpaired) electrons. The predicted octanol–water partition coefficient (Wildman–Crippen LogP) is 3.29. The summed E-state index contributed by atoms with van der Waals surface area (Å²) >= 11 is 0. The molecule has 1 saturated heterocycles. The molecule has 1 saturated carbocycles. The third-order valence-corrected chi connectivity index (χ3v) is 5.60. The van der Waals surface area contributed by atoms with Crippen LogP contribution in [0.25, 0.3) is 0 Å². The largest absolute Gasteiger partial charge is 0.378 e. The average molecular weight is 296 g/mol. The third kappa shape index (κ3) is 4.67. The van der Waals surface area contributed by atoms with Gasteiger partial charge in [-0.15, -0.1) is 0 Å². The Balaban J connectivity index is 2.00. The Hall–Kier alpha value is -0.120. The van der Waals surface area contributed by atoms with E-state index in [0.717, 1.165) is 32.2 Å². The highest BCUT2D eigenvalue weighted by Crippen LogP contribution is 2.40. The van der Waals surface area contributed by atoms with E-state index < -0.39 is 0 Å². The SMILES string of the molecule is CCCNCC1(CN2CCOCC2(C)C)CCC(C)CC1. The van der Waals surface area contributed by atoms with Gasteiger partial charge < -0.3 is 10.1 Å². The first-order valence-electron chi connectivity index (χ1n) is 9.01. The first-order chi connectivity index (χ1) is 9.97. The summed E-state index contributed by atoms with van der Waals surface area (Å²) in [7, 11) is 0. The molecular formula is C18H36N2O. The molecule has 21 heavy (non-hydrogen) atoms. The molecule has 0 spiro atoms. The molecule has 3 nitrogen and oxygen atoms in total. The van der Waals surface area contributed by atoms with E-state index in [4.69, 9.17) is 4.74 Å². The molecule has 0 unspecified atom stereocenters. The monoisotopic (exact) mass is 296 g/mol. The van der Waals surface area contributed by atoms with Crippen LogP contribution in [0.2, 0.25) is 0 Å². The molecule has 1 heterocycles. The second-order valence-electron chi connectivity index (χ2n) is 8.15. The summed E-state index contributed by atoms with van der Waals surface area (Å²) < 4.78 is 5.70. The maximum atomic E-state index is 5.70. The number of nitrogens with one attached hydrogen (secondary N) is 1. The van der Waals surface area contributed by atoms with Gasteiger partial charge in [0.05, 0.1) is 13.2 Å². The van der Waals surface area contributed by atoms with Gasteiger partial charge in [-0.25, -0.2) is 0 Å². The predicted molar refractivity (Wildman–Crippen MR) is 89.7 cm³/mol. The topological polar surface area (TPSA) is 24.5 Å². The number of rotatable bonds is 6. The maximum absolute atomic E-state index is 5.70. The summed E-state index contributed by atoms with van der Waals surface area (Å²) in [5.74, 6) is 0.919. The van der Waals surface area contributed by atoms with Gasteiger partial charge in [0.25, 0.3) is 0 Å². The summed E-state index contributed by atoms with van der Waals surface area (Å²) in [4.78, 5) is 2.69. The Bertz CT molecular complexity index is 308. The van der Waals surface area contributed by atoms with Gasteiger partial charge >= 0.3 is 0 Å². The fraction of sp³-hybridized carbons (Fsp3) is 1.00. The first-order valence-corrected chi connectivity index (χ1v) is 9.01. The number of hydrogen-bond acceptors (Lipinski definition) is 3. The minimum absolute atomic E-state index is 0.194. The zero-order chi connectivity index (χ0) is 15.3. The van der Waals surface area contributed by atoms with Gasteiger partial charge in [-0.1, -0.05) is 26.7 Å². The standard InChI is InChI=1S/C18H36N2O/c1-5-10-19-13-18(8-6-16(2)7-9-18)14-20-11-12-21-15-17(20,3)4/h16,19H,5-15H2,1-4H3. The molecule has 0 aromatic rings. The van der Waals surface area contributed by atoms with Gasteiger partial charge in [0.1, 0.15) is 0 Å². The van der Waals surface area contributed by atoms with Crippen LogP contribution in [0.4, 0.5) is 0 Å². The lowest BCUT2D eigenvalue weighted by atomic mass is 9.70. The molecular weight excluding hydrogens is 260 g/mol. The summed E-state index contributed by atoms with van der Waals surface area (Å²) in [6, 6.07) is 0. The molecule has 1 aliphatic carbocycles. The molecule has 0 bridgehead atoms. The molecule has 0 aromatic heterocycles. The van der Waals surface area contributed by atoms with E-state index in [1.54, 1.807) is 0 Å². The van der Waals surface area contributed by atoms with Crippen LogP contribution in [-0.4, -0.2) is 49.8 Å². The lowest BCUT2D eigenvalue weighted by molar-refractivity contribution is -0.0740. The van der Waals surface area contributed by atoms with E-state index >= 15 is 0 Å². The highest BCUT2D eigenvalue weighted by Gasteiger charge is 2.40. The van der Waals surface area contributed by atoms with E-state index in [0.29, 0.717) is 5.41 Å². The first kappa shape index (κ1) is 17.2.